The number of hydrogen-bond donors (Lipinski definition) is 2. The number of hydrogen-bond acceptors (Lipinski definition) is 3. The Morgan fingerprint density at radius 1 is 1.07 bits per heavy atom. The molecule has 0 aliphatic carbocycles. The number of fused-ring (bicyclic) bond motifs is 1. The fourth-order valence-corrected chi connectivity index (χ4v) is 2.83. The maximum Gasteiger partial charge on any atom is 0.272 e. The number of likely N-dealkylation sites (N-methyl/N-ethyl adjacent to an activating group) is 1. The molecule has 1 aromatic heterocycles. The van der Waals surface area contributed by atoms with Gasteiger partial charge in [0.2, 0.25) is 0 Å². The van der Waals surface area contributed by atoms with Gasteiger partial charge < -0.3 is 19.9 Å². The number of carbonyl (C=O) groups excluding carboxylic acids is 2. The Kier molecular flexibility index (Phi) is 5.16. The maximum absolute atomic E-state index is 12.5. The van der Waals surface area contributed by atoms with Crippen LogP contribution >= 0.6 is 0 Å². The SMILES string of the molecule is Cc1cc(C)c2cc(C(=O)Nc3ccc(OCC(=O)N(C)C)cc3)[nH]c2c1. The molecule has 6 nitrogen and oxygen atoms in total. The molecule has 27 heavy (non-hydrogen) atoms. The van der Waals surface area contributed by atoms with Gasteiger partial charge >= 0.3 is 0 Å². The summed E-state index contributed by atoms with van der Waals surface area (Å²) in [6, 6.07) is 12.9. The van der Waals surface area contributed by atoms with Crippen molar-refractivity contribution in [2.45, 2.75) is 13.8 Å². The molecule has 0 radical (unpaired) electrons. The van der Waals surface area contributed by atoms with Gasteiger partial charge in [0.05, 0.1) is 0 Å². The first-order chi connectivity index (χ1) is 12.8. The van der Waals surface area contributed by atoms with Crippen LogP contribution in [0.5, 0.6) is 5.75 Å². The molecule has 0 fully saturated rings. The lowest BCUT2D eigenvalue weighted by atomic mass is 10.1. The fraction of sp³-hybridized carbons (Fsp3) is 0.238. The number of aryl methyl sites for hydroxylation is 2. The van der Waals surface area contributed by atoms with Crippen LogP contribution in [0.1, 0.15) is 21.6 Å². The predicted octanol–water partition coefficient (Wildman–Crippen LogP) is 3.50. The van der Waals surface area contributed by atoms with Crippen molar-refractivity contribution in [2.75, 3.05) is 26.0 Å². The topological polar surface area (TPSA) is 74.4 Å². The van der Waals surface area contributed by atoms with E-state index in [0.29, 0.717) is 17.1 Å². The van der Waals surface area contributed by atoms with Gasteiger partial charge in [-0.25, -0.2) is 0 Å². The van der Waals surface area contributed by atoms with Crippen LogP contribution in [0.3, 0.4) is 0 Å². The van der Waals surface area contributed by atoms with E-state index in [2.05, 4.69) is 16.4 Å². The molecule has 0 saturated carbocycles. The van der Waals surface area contributed by atoms with E-state index < -0.39 is 0 Å². The fourth-order valence-electron chi connectivity index (χ4n) is 2.83. The number of aromatic amines is 1. The normalized spacial score (nSPS) is 10.7. The van der Waals surface area contributed by atoms with Crippen molar-refractivity contribution in [2.24, 2.45) is 0 Å². The lowest BCUT2D eigenvalue weighted by Crippen LogP contribution is -2.27. The number of carbonyl (C=O) groups is 2. The highest BCUT2D eigenvalue weighted by molar-refractivity contribution is 6.06. The lowest BCUT2D eigenvalue weighted by molar-refractivity contribution is -0.130. The summed E-state index contributed by atoms with van der Waals surface area (Å²) in [6.07, 6.45) is 0. The Morgan fingerprint density at radius 2 is 1.78 bits per heavy atom. The Labute approximate surface area is 158 Å². The minimum Gasteiger partial charge on any atom is -0.484 e. The summed E-state index contributed by atoms with van der Waals surface area (Å²) < 4.78 is 5.43. The molecular weight excluding hydrogens is 342 g/mol. The Hall–Kier alpha value is -3.28. The van der Waals surface area contributed by atoms with Gasteiger partial charge in [0.1, 0.15) is 11.4 Å². The highest BCUT2D eigenvalue weighted by Crippen LogP contribution is 2.22. The number of amides is 2. The van der Waals surface area contributed by atoms with Gasteiger partial charge in [0, 0.05) is 30.7 Å². The van der Waals surface area contributed by atoms with Crippen molar-refractivity contribution in [1.29, 1.82) is 0 Å². The van der Waals surface area contributed by atoms with Gasteiger partial charge in [0.15, 0.2) is 6.61 Å². The van der Waals surface area contributed by atoms with Crippen molar-refractivity contribution in [1.82, 2.24) is 9.88 Å². The van der Waals surface area contributed by atoms with Crippen molar-refractivity contribution in [3.05, 3.63) is 59.3 Å². The van der Waals surface area contributed by atoms with Gasteiger partial charge in [-0.05, 0) is 61.4 Å². The number of ether oxygens (including phenoxy) is 1. The van der Waals surface area contributed by atoms with Crippen LogP contribution in [0, 0.1) is 13.8 Å². The predicted molar refractivity (Wildman–Crippen MR) is 106 cm³/mol. The second kappa shape index (κ2) is 7.53. The molecule has 0 bridgehead atoms. The van der Waals surface area contributed by atoms with E-state index in [9.17, 15) is 9.59 Å². The van der Waals surface area contributed by atoms with E-state index in [4.69, 9.17) is 4.74 Å². The van der Waals surface area contributed by atoms with Gasteiger partial charge in [-0.3, -0.25) is 9.59 Å². The van der Waals surface area contributed by atoms with Gasteiger partial charge in [-0.1, -0.05) is 6.07 Å². The first-order valence-corrected chi connectivity index (χ1v) is 8.68. The monoisotopic (exact) mass is 365 g/mol. The quantitative estimate of drug-likeness (QED) is 0.727. The average molecular weight is 365 g/mol. The average Bonchev–Trinajstić information content (AvgIpc) is 3.05. The van der Waals surface area contributed by atoms with E-state index in [1.165, 1.54) is 4.90 Å². The van der Waals surface area contributed by atoms with E-state index in [0.717, 1.165) is 22.0 Å². The highest BCUT2D eigenvalue weighted by atomic mass is 16.5. The molecule has 0 unspecified atom stereocenters. The number of aromatic nitrogens is 1. The van der Waals surface area contributed by atoms with Gasteiger partial charge in [0.25, 0.3) is 11.8 Å². The minimum absolute atomic E-state index is 0.0213. The summed E-state index contributed by atoms with van der Waals surface area (Å²) in [5.74, 6) is 0.247. The smallest absolute Gasteiger partial charge is 0.272 e. The van der Waals surface area contributed by atoms with Crippen molar-refractivity contribution in [3.63, 3.8) is 0 Å². The van der Waals surface area contributed by atoms with Gasteiger partial charge in [-0.15, -0.1) is 0 Å². The number of benzene rings is 2. The zero-order valence-electron chi connectivity index (χ0n) is 15.9. The first-order valence-electron chi connectivity index (χ1n) is 8.68. The molecule has 3 aromatic rings. The second-order valence-corrected chi connectivity index (χ2v) is 6.78. The summed E-state index contributed by atoms with van der Waals surface area (Å²) in [6.45, 7) is 4.04. The van der Waals surface area contributed by atoms with Crippen LogP contribution in [-0.4, -0.2) is 42.4 Å². The number of nitrogens with zero attached hydrogens (tertiary/aromatic N) is 1. The second-order valence-electron chi connectivity index (χ2n) is 6.78. The van der Waals surface area contributed by atoms with Crippen LogP contribution in [0.25, 0.3) is 10.9 Å². The summed E-state index contributed by atoms with van der Waals surface area (Å²) in [7, 11) is 3.36. The molecule has 1 heterocycles. The van der Waals surface area contributed by atoms with Crippen molar-refractivity contribution in [3.8, 4) is 5.75 Å². The number of anilines is 1. The third-order valence-electron chi connectivity index (χ3n) is 4.31. The molecule has 3 rings (SSSR count). The van der Waals surface area contributed by atoms with Crippen molar-refractivity contribution >= 4 is 28.4 Å². The molecule has 2 N–H and O–H groups in total. The number of nitrogens with one attached hydrogen (secondary N) is 2. The van der Waals surface area contributed by atoms with E-state index in [1.54, 1.807) is 38.4 Å². The molecule has 0 spiro atoms. The number of rotatable bonds is 5. The Bertz CT molecular complexity index is 988. The molecule has 0 aliphatic rings. The lowest BCUT2D eigenvalue weighted by Gasteiger charge is -2.11. The van der Waals surface area contributed by atoms with Crippen LogP contribution in [0.4, 0.5) is 5.69 Å². The van der Waals surface area contributed by atoms with Crippen LogP contribution < -0.4 is 10.1 Å². The van der Waals surface area contributed by atoms with E-state index >= 15 is 0 Å². The third-order valence-corrected chi connectivity index (χ3v) is 4.31. The van der Waals surface area contributed by atoms with Crippen LogP contribution in [0.2, 0.25) is 0 Å². The molecule has 2 aromatic carbocycles. The largest absolute Gasteiger partial charge is 0.484 e. The van der Waals surface area contributed by atoms with Gasteiger partial charge in [-0.2, -0.15) is 0 Å². The molecule has 6 heteroatoms. The number of H-pyrrole nitrogens is 1. The van der Waals surface area contributed by atoms with Crippen LogP contribution in [0.15, 0.2) is 42.5 Å². The molecule has 0 atom stereocenters. The van der Waals surface area contributed by atoms with Crippen LogP contribution in [-0.2, 0) is 4.79 Å². The van der Waals surface area contributed by atoms with E-state index in [-0.39, 0.29) is 18.4 Å². The molecule has 2 amide bonds. The third kappa shape index (κ3) is 4.28. The standard InChI is InChI=1S/C21H23N3O3/c1-13-9-14(2)17-11-19(23-18(17)10-13)21(26)22-15-5-7-16(8-6-15)27-12-20(25)24(3)4/h5-11,23H,12H2,1-4H3,(H,22,26). The summed E-state index contributed by atoms with van der Waals surface area (Å²) in [5.41, 5.74) is 4.40. The zero-order chi connectivity index (χ0) is 19.6. The zero-order valence-corrected chi connectivity index (χ0v) is 15.9. The minimum atomic E-state index is -0.209. The maximum atomic E-state index is 12.5. The molecule has 0 saturated heterocycles. The summed E-state index contributed by atoms with van der Waals surface area (Å²) in [5, 5.41) is 3.90. The van der Waals surface area contributed by atoms with Crippen molar-refractivity contribution < 1.29 is 14.3 Å². The summed E-state index contributed by atoms with van der Waals surface area (Å²) >= 11 is 0. The molecule has 0 aliphatic heterocycles. The first kappa shape index (κ1) is 18.5. The highest BCUT2D eigenvalue weighted by Gasteiger charge is 2.12. The Balaban J connectivity index is 1.67. The molecular formula is C21H23N3O3. The van der Waals surface area contributed by atoms with E-state index in [1.807, 2.05) is 26.0 Å². The molecule has 140 valence electrons. The summed E-state index contributed by atoms with van der Waals surface area (Å²) in [4.78, 5) is 28.7. The Morgan fingerprint density at radius 3 is 2.44 bits per heavy atom.